The summed E-state index contributed by atoms with van der Waals surface area (Å²) >= 11 is 1.49. The molecule has 182 valence electrons. The molecule has 0 aromatic carbocycles. The summed E-state index contributed by atoms with van der Waals surface area (Å²) in [6.07, 6.45) is 11.0. The smallest absolute Gasteiger partial charge is 0.327 e. The van der Waals surface area contributed by atoms with Crippen molar-refractivity contribution in [1.82, 2.24) is 5.32 Å². The maximum absolute atomic E-state index is 12.5. The van der Waals surface area contributed by atoms with Gasteiger partial charge in [-0.2, -0.15) is 11.8 Å². The van der Waals surface area contributed by atoms with Gasteiger partial charge in [-0.3, -0.25) is 4.79 Å². The van der Waals surface area contributed by atoms with E-state index >= 15 is 0 Å². The maximum atomic E-state index is 12.5. The molecule has 1 amide bonds. The van der Waals surface area contributed by atoms with Crippen LogP contribution in [0.3, 0.4) is 0 Å². The topological polar surface area (TPSA) is 83.5 Å². The van der Waals surface area contributed by atoms with Gasteiger partial charge in [-0.05, 0) is 66.2 Å². The number of carboxylic acid groups (broad SMARTS) is 1. The van der Waals surface area contributed by atoms with Crippen LogP contribution >= 0.6 is 11.8 Å². The minimum Gasteiger partial charge on any atom is -0.480 e. The lowest BCUT2D eigenvalue weighted by molar-refractivity contribution is -0.142. The number of carbonyl (C=O) groups is 3. The van der Waals surface area contributed by atoms with Crippen LogP contribution in [0.25, 0.3) is 0 Å². The molecule has 0 aliphatic carbocycles. The lowest BCUT2D eigenvalue weighted by Crippen LogP contribution is -2.46. The van der Waals surface area contributed by atoms with Gasteiger partial charge in [0.1, 0.15) is 11.8 Å². The van der Waals surface area contributed by atoms with Gasteiger partial charge in [0.05, 0.1) is 0 Å². The quantitative estimate of drug-likeness (QED) is 0.217. The Morgan fingerprint density at radius 1 is 0.906 bits per heavy atom. The van der Waals surface area contributed by atoms with Crippen LogP contribution in [0.1, 0.15) is 80.6 Å². The standard InChI is InChI=1S/C26H43NO4S/c1-18(2)10-8-11-20(5)12-9-13-21(6)14-15-32-17-24(26(30)31)27-25(29)23(19(3)4)16-22(7)28/h10,12,14,19,23-24H,8-9,11,13,15-17H2,1-7H3,(H,27,29)(H,30,31)/b20-12+,21-14+/t23?,24-/m0/s1. The molecule has 0 aromatic rings. The summed E-state index contributed by atoms with van der Waals surface area (Å²) in [5.41, 5.74) is 4.05. The predicted molar refractivity (Wildman–Crippen MR) is 136 cm³/mol. The van der Waals surface area contributed by atoms with Crippen LogP contribution in [-0.4, -0.2) is 40.3 Å². The molecule has 6 heteroatoms. The van der Waals surface area contributed by atoms with E-state index in [1.54, 1.807) is 0 Å². The third-order valence-electron chi connectivity index (χ3n) is 5.22. The summed E-state index contributed by atoms with van der Waals surface area (Å²) in [6, 6.07) is -0.958. The van der Waals surface area contributed by atoms with E-state index in [1.807, 2.05) is 13.8 Å². The molecule has 0 saturated heterocycles. The van der Waals surface area contributed by atoms with E-state index in [0.717, 1.165) is 25.7 Å². The molecule has 0 radical (unpaired) electrons. The first kappa shape index (κ1) is 30.2. The minimum absolute atomic E-state index is 0.0310. The van der Waals surface area contributed by atoms with E-state index in [1.165, 1.54) is 35.4 Å². The Hall–Kier alpha value is -1.82. The van der Waals surface area contributed by atoms with Crippen molar-refractivity contribution in [3.8, 4) is 0 Å². The van der Waals surface area contributed by atoms with E-state index in [4.69, 9.17) is 0 Å². The van der Waals surface area contributed by atoms with Crippen LogP contribution in [0.15, 0.2) is 34.9 Å². The average molecular weight is 466 g/mol. The molecule has 0 rings (SSSR count). The number of hydrogen-bond acceptors (Lipinski definition) is 4. The Kier molecular flexibility index (Phi) is 15.8. The molecular formula is C26H43NO4S. The second kappa shape index (κ2) is 16.8. The van der Waals surface area contributed by atoms with Gasteiger partial charge < -0.3 is 15.2 Å². The number of aliphatic carboxylic acids is 1. The summed E-state index contributed by atoms with van der Waals surface area (Å²) in [5.74, 6) is -1.02. The largest absolute Gasteiger partial charge is 0.480 e. The van der Waals surface area contributed by atoms with E-state index in [2.05, 4.69) is 51.2 Å². The van der Waals surface area contributed by atoms with Crippen molar-refractivity contribution in [1.29, 1.82) is 0 Å². The van der Waals surface area contributed by atoms with E-state index in [0.29, 0.717) is 11.5 Å². The highest BCUT2D eigenvalue weighted by atomic mass is 32.2. The molecule has 5 nitrogen and oxygen atoms in total. The summed E-state index contributed by atoms with van der Waals surface area (Å²) < 4.78 is 0. The van der Waals surface area contributed by atoms with Crippen LogP contribution in [0, 0.1) is 11.8 Å². The van der Waals surface area contributed by atoms with Crippen LogP contribution < -0.4 is 5.32 Å². The number of rotatable bonds is 16. The number of allylic oxidation sites excluding steroid dienone is 5. The van der Waals surface area contributed by atoms with Crippen molar-refractivity contribution in [3.05, 3.63) is 34.9 Å². The third kappa shape index (κ3) is 15.1. The lowest BCUT2D eigenvalue weighted by atomic mass is 9.90. The molecule has 2 atom stereocenters. The van der Waals surface area contributed by atoms with Gasteiger partial charge in [0, 0.05) is 23.8 Å². The first-order valence-electron chi connectivity index (χ1n) is 11.5. The first-order chi connectivity index (χ1) is 14.9. The number of nitrogens with one attached hydrogen (secondary N) is 1. The van der Waals surface area contributed by atoms with Crippen molar-refractivity contribution in [2.24, 2.45) is 11.8 Å². The molecule has 0 aromatic heterocycles. The van der Waals surface area contributed by atoms with Crippen molar-refractivity contribution in [2.75, 3.05) is 11.5 Å². The van der Waals surface area contributed by atoms with Crippen LogP contribution in [0.4, 0.5) is 0 Å². The predicted octanol–water partition coefficient (Wildman–Crippen LogP) is 5.96. The molecule has 0 aliphatic heterocycles. The van der Waals surface area contributed by atoms with Gasteiger partial charge in [0.25, 0.3) is 0 Å². The number of ketones is 1. The SMILES string of the molecule is CC(=O)CC(C(=O)N[C@@H](CSC/C=C(\C)CC/C=C(\C)CCC=C(C)C)C(=O)O)C(C)C. The zero-order valence-electron chi connectivity index (χ0n) is 21.0. The highest BCUT2D eigenvalue weighted by Gasteiger charge is 2.28. The Labute approximate surface area is 199 Å². The van der Waals surface area contributed by atoms with Crippen LogP contribution in [-0.2, 0) is 14.4 Å². The fraction of sp³-hybridized carbons (Fsp3) is 0.654. The van der Waals surface area contributed by atoms with E-state index < -0.39 is 17.9 Å². The number of Topliss-reactive ketones (excluding diaryl/α,β-unsaturated/α-hetero) is 1. The van der Waals surface area contributed by atoms with Gasteiger partial charge in [0.2, 0.25) is 5.91 Å². The monoisotopic (exact) mass is 465 g/mol. The number of thioether (sulfide) groups is 1. The van der Waals surface area contributed by atoms with Gasteiger partial charge in [-0.25, -0.2) is 4.79 Å². The second-order valence-electron chi connectivity index (χ2n) is 9.15. The average Bonchev–Trinajstić information content (AvgIpc) is 2.67. The maximum Gasteiger partial charge on any atom is 0.327 e. The number of hydrogen-bond donors (Lipinski definition) is 2. The van der Waals surface area contributed by atoms with E-state index in [-0.39, 0.29) is 24.0 Å². The highest BCUT2D eigenvalue weighted by Crippen LogP contribution is 2.17. The third-order valence-corrected chi connectivity index (χ3v) is 6.19. The zero-order chi connectivity index (χ0) is 24.7. The number of amides is 1. The Balaban J connectivity index is 4.50. The highest BCUT2D eigenvalue weighted by molar-refractivity contribution is 7.99. The van der Waals surface area contributed by atoms with Crippen LogP contribution in [0.2, 0.25) is 0 Å². The van der Waals surface area contributed by atoms with Gasteiger partial charge >= 0.3 is 5.97 Å². The Morgan fingerprint density at radius 2 is 1.47 bits per heavy atom. The Morgan fingerprint density at radius 3 is 1.97 bits per heavy atom. The molecule has 0 spiro atoms. The molecule has 0 fully saturated rings. The molecule has 0 saturated carbocycles. The number of carbonyl (C=O) groups excluding carboxylic acids is 2. The fourth-order valence-corrected chi connectivity index (χ4v) is 4.12. The molecule has 2 N–H and O–H groups in total. The molecular weight excluding hydrogens is 422 g/mol. The Bertz CT molecular complexity index is 703. The summed E-state index contributed by atoms with van der Waals surface area (Å²) in [4.78, 5) is 35.5. The van der Waals surface area contributed by atoms with Gasteiger partial charge in [0.15, 0.2) is 0 Å². The van der Waals surface area contributed by atoms with E-state index in [9.17, 15) is 19.5 Å². The first-order valence-corrected chi connectivity index (χ1v) is 12.6. The van der Waals surface area contributed by atoms with Crippen molar-refractivity contribution in [3.63, 3.8) is 0 Å². The molecule has 0 bridgehead atoms. The van der Waals surface area contributed by atoms with Crippen molar-refractivity contribution in [2.45, 2.75) is 86.6 Å². The van der Waals surface area contributed by atoms with Gasteiger partial charge in [-0.15, -0.1) is 0 Å². The number of carboxylic acids is 1. The summed E-state index contributed by atoms with van der Waals surface area (Å²) in [7, 11) is 0. The molecule has 0 aliphatic rings. The summed E-state index contributed by atoms with van der Waals surface area (Å²) in [6.45, 7) is 13.7. The normalized spacial score (nSPS) is 14.1. The fourth-order valence-electron chi connectivity index (χ4n) is 3.12. The van der Waals surface area contributed by atoms with Crippen molar-refractivity contribution >= 4 is 29.4 Å². The summed E-state index contributed by atoms with van der Waals surface area (Å²) in [5, 5.41) is 12.1. The zero-order valence-corrected chi connectivity index (χ0v) is 21.8. The van der Waals surface area contributed by atoms with Gasteiger partial charge in [-0.1, -0.05) is 48.8 Å². The van der Waals surface area contributed by atoms with Crippen molar-refractivity contribution < 1.29 is 19.5 Å². The van der Waals surface area contributed by atoms with Crippen LogP contribution in [0.5, 0.6) is 0 Å². The second-order valence-corrected chi connectivity index (χ2v) is 10.2. The lowest BCUT2D eigenvalue weighted by Gasteiger charge is -2.22. The molecule has 32 heavy (non-hydrogen) atoms. The molecule has 0 heterocycles. The molecule has 1 unspecified atom stereocenters. The minimum atomic E-state index is -1.05.